The van der Waals surface area contributed by atoms with Gasteiger partial charge < -0.3 is 0 Å². The number of halogens is 1. The van der Waals surface area contributed by atoms with E-state index < -0.39 is 21.9 Å². The van der Waals surface area contributed by atoms with Gasteiger partial charge in [0.2, 0.25) is 10.0 Å². The summed E-state index contributed by atoms with van der Waals surface area (Å²) < 4.78 is 38.5. The monoisotopic (exact) mass is 242 g/mol. The zero-order chi connectivity index (χ0) is 12.2. The van der Waals surface area contributed by atoms with E-state index in [9.17, 15) is 12.8 Å². The fourth-order valence-electron chi connectivity index (χ4n) is 1.09. The van der Waals surface area contributed by atoms with Crippen LogP contribution < -0.4 is 4.72 Å². The lowest BCUT2D eigenvalue weighted by molar-refractivity contribution is 0.559. The number of sulfonamides is 1. The summed E-state index contributed by atoms with van der Waals surface area (Å²) in [4.78, 5) is 3.26. The van der Waals surface area contributed by atoms with E-state index in [1.165, 1.54) is 0 Å². The van der Waals surface area contributed by atoms with Crippen LogP contribution in [-0.4, -0.2) is 19.4 Å². The van der Waals surface area contributed by atoms with E-state index in [0.717, 1.165) is 18.5 Å². The van der Waals surface area contributed by atoms with Gasteiger partial charge in [-0.2, -0.15) is 0 Å². The molecule has 1 aromatic heterocycles. The average molecular weight is 242 g/mol. The number of hydrogen-bond donors (Lipinski definition) is 1. The third-order valence-electron chi connectivity index (χ3n) is 1.77. The first-order chi connectivity index (χ1) is 7.45. The quantitative estimate of drug-likeness (QED) is 0.798. The van der Waals surface area contributed by atoms with E-state index in [1.54, 1.807) is 6.92 Å². The summed E-state index contributed by atoms with van der Waals surface area (Å²) in [5.41, 5.74) is 0. The number of hydrogen-bond acceptors (Lipinski definition) is 3. The Bertz CT molecular complexity index is 508. The van der Waals surface area contributed by atoms with E-state index in [0.29, 0.717) is 0 Å². The van der Waals surface area contributed by atoms with Crippen molar-refractivity contribution in [3.63, 3.8) is 0 Å². The number of rotatable bonds is 4. The van der Waals surface area contributed by atoms with Crippen molar-refractivity contribution in [2.75, 3.05) is 0 Å². The molecule has 0 bridgehead atoms. The van der Waals surface area contributed by atoms with Crippen LogP contribution in [0.3, 0.4) is 0 Å². The van der Waals surface area contributed by atoms with Crippen LogP contribution in [0.4, 0.5) is 4.39 Å². The Balaban J connectivity index is 2.91. The minimum absolute atomic E-state index is 0.212. The molecule has 0 fully saturated rings. The van der Waals surface area contributed by atoms with Crippen LogP contribution in [0.2, 0.25) is 0 Å². The van der Waals surface area contributed by atoms with Crippen molar-refractivity contribution in [2.45, 2.75) is 24.3 Å². The highest BCUT2D eigenvalue weighted by Gasteiger charge is 2.17. The van der Waals surface area contributed by atoms with Crippen LogP contribution >= 0.6 is 0 Å². The van der Waals surface area contributed by atoms with Crippen LogP contribution in [0, 0.1) is 18.2 Å². The third kappa shape index (κ3) is 3.29. The molecule has 1 unspecified atom stereocenters. The number of aromatic nitrogens is 1. The van der Waals surface area contributed by atoms with Crippen LogP contribution in [0.25, 0.3) is 0 Å². The molecule has 86 valence electrons. The zero-order valence-electron chi connectivity index (χ0n) is 8.64. The van der Waals surface area contributed by atoms with E-state index in [4.69, 9.17) is 6.42 Å². The molecule has 0 radical (unpaired) electrons. The van der Waals surface area contributed by atoms with Gasteiger partial charge in [-0.3, -0.25) is 4.98 Å². The molecule has 0 aliphatic carbocycles. The molecule has 0 saturated carbocycles. The highest BCUT2D eigenvalue weighted by Crippen LogP contribution is 2.09. The molecule has 16 heavy (non-hydrogen) atoms. The first-order valence-electron chi connectivity index (χ1n) is 4.52. The Labute approximate surface area is 94.0 Å². The predicted octanol–water partition coefficient (Wildman–Crippen LogP) is 0.911. The molecule has 0 aliphatic rings. The summed E-state index contributed by atoms with van der Waals surface area (Å²) in [6, 6.07) is 0.496. The maximum atomic E-state index is 12.8. The molecular formula is C10H11FN2O2S. The van der Waals surface area contributed by atoms with Gasteiger partial charge in [-0.25, -0.2) is 17.5 Å². The van der Waals surface area contributed by atoms with Gasteiger partial charge in [0.25, 0.3) is 0 Å². The molecule has 1 atom stereocenters. The lowest BCUT2D eigenvalue weighted by atomic mass is 10.3. The number of terminal acetylenes is 1. The van der Waals surface area contributed by atoms with Crippen LogP contribution in [0.5, 0.6) is 0 Å². The van der Waals surface area contributed by atoms with Gasteiger partial charge >= 0.3 is 0 Å². The van der Waals surface area contributed by atoms with Crippen molar-refractivity contribution in [3.05, 3.63) is 24.3 Å². The van der Waals surface area contributed by atoms with Crippen LogP contribution in [-0.2, 0) is 10.0 Å². The standard InChI is InChI=1S/C10H11FN2O2S/c1-3-4-8(2)13-16(14,15)10-5-9(11)6-12-7-10/h1,5-8,13H,4H2,2H3. The summed E-state index contributed by atoms with van der Waals surface area (Å²) in [5, 5.41) is 0. The van der Waals surface area contributed by atoms with Gasteiger partial charge in [-0.05, 0) is 13.0 Å². The first-order valence-corrected chi connectivity index (χ1v) is 6.00. The van der Waals surface area contributed by atoms with E-state index >= 15 is 0 Å². The van der Waals surface area contributed by atoms with E-state index in [-0.39, 0.29) is 11.3 Å². The molecule has 1 aromatic rings. The smallest absolute Gasteiger partial charge is 0.242 e. The number of nitrogens with zero attached hydrogens (tertiary/aromatic N) is 1. The summed E-state index contributed by atoms with van der Waals surface area (Å²) >= 11 is 0. The molecule has 1 rings (SSSR count). The zero-order valence-corrected chi connectivity index (χ0v) is 9.46. The molecule has 1 heterocycles. The van der Waals surface area contributed by atoms with Gasteiger partial charge in [-0.1, -0.05) is 0 Å². The summed E-state index contributed by atoms with van der Waals surface area (Å²) in [5.74, 6) is 1.63. The van der Waals surface area contributed by atoms with E-state index in [1.807, 2.05) is 0 Å². The van der Waals surface area contributed by atoms with Gasteiger partial charge in [0.15, 0.2) is 0 Å². The van der Waals surface area contributed by atoms with Gasteiger partial charge in [-0.15, -0.1) is 12.3 Å². The minimum atomic E-state index is -3.75. The topological polar surface area (TPSA) is 59.1 Å². The molecule has 0 saturated heterocycles. The fourth-order valence-corrected chi connectivity index (χ4v) is 2.31. The van der Waals surface area contributed by atoms with Crippen molar-refractivity contribution < 1.29 is 12.8 Å². The largest absolute Gasteiger partial charge is 0.260 e. The first kappa shape index (κ1) is 12.6. The highest BCUT2D eigenvalue weighted by atomic mass is 32.2. The molecule has 0 spiro atoms. The average Bonchev–Trinajstić information content (AvgIpc) is 2.17. The normalized spacial score (nSPS) is 13.1. The minimum Gasteiger partial charge on any atom is -0.260 e. The van der Waals surface area contributed by atoms with Crippen molar-refractivity contribution >= 4 is 10.0 Å². The maximum absolute atomic E-state index is 12.8. The van der Waals surface area contributed by atoms with Crippen molar-refractivity contribution in [1.29, 1.82) is 0 Å². The molecule has 1 N–H and O–H groups in total. The Morgan fingerprint density at radius 2 is 2.31 bits per heavy atom. The van der Waals surface area contributed by atoms with Gasteiger partial charge in [0.05, 0.1) is 6.20 Å². The molecule has 0 amide bonds. The molecule has 6 heteroatoms. The predicted molar refractivity (Wildman–Crippen MR) is 57.4 cm³/mol. The lowest BCUT2D eigenvalue weighted by Crippen LogP contribution is -2.32. The Hall–Kier alpha value is -1.45. The van der Waals surface area contributed by atoms with Crippen molar-refractivity contribution in [2.24, 2.45) is 0 Å². The van der Waals surface area contributed by atoms with Gasteiger partial charge in [0, 0.05) is 18.7 Å². The van der Waals surface area contributed by atoms with Gasteiger partial charge in [0.1, 0.15) is 10.7 Å². The Morgan fingerprint density at radius 3 is 2.88 bits per heavy atom. The SMILES string of the molecule is C#CCC(C)NS(=O)(=O)c1cncc(F)c1. The summed E-state index contributed by atoms with van der Waals surface area (Å²) in [7, 11) is -3.75. The maximum Gasteiger partial charge on any atom is 0.242 e. The molecular weight excluding hydrogens is 231 g/mol. The molecule has 4 nitrogen and oxygen atoms in total. The fraction of sp³-hybridized carbons (Fsp3) is 0.300. The second kappa shape index (κ2) is 5.05. The van der Waals surface area contributed by atoms with Crippen molar-refractivity contribution in [3.8, 4) is 12.3 Å². The summed E-state index contributed by atoms with van der Waals surface area (Å²) in [6.07, 6.45) is 7.33. The van der Waals surface area contributed by atoms with E-state index in [2.05, 4.69) is 15.6 Å². The number of pyridine rings is 1. The second-order valence-corrected chi connectivity index (χ2v) is 4.98. The summed E-state index contributed by atoms with van der Waals surface area (Å²) in [6.45, 7) is 1.63. The number of nitrogens with one attached hydrogen (secondary N) is 1. The molecule has 0 aromatic carbocycles. The van der Waals surface area contributed by atoms with Crippen LogP contribution in [0.1, 0.15) is 13.3 Å². The van der Waals surface area contributed by atoms with Crippen molar-refractivity contribution in [1.82, 2.24) is 9.71 Å². The Morgan fingerprint density at radius 1 is 1.62 bits per heavy atom. The lowest BCUT2D eigenvalue weighted by Gasteiger charge is -2.11. The molecule has 0 aliphatic heterocycles. The highest BCUT2D eigenvalue weighted by molar-refractivity contribution is 7.89. The third-order valence-corrected chi connectivity index (χ3v) is 3.33. The Kier molecular flexibility index (Phi) is 3.99. The van der Waals surface area contributed by atoms with Crippen LogP contribution in [0.15, 0.2) is 23.4 Å². The second-order valence-electron chi connectivity index (χ2n) is 3.27.